The Bertz CT molecular complexity index is 1550. The molecule has 38 heavy (non-hydrogen) atoms. The van der Waals surface area contributed by atoms with Crippen LogP contribution in [0.4, 0.5) is 10.1 Å². The Hall–Kier alpha value is -3.24. The molecule has 3 amide bonds. The molecule has 2 aromatic carbocycles. The first-order valence-electron chi connectivity index (χ1n) is 12.7. The number of thioether (sulfide) groups is 1. The number of aromatic amines is 1. The summed E-state index contributed by atoms with van der Waals surface area (Å²) in [5.74, 6) is -2.40. The third-order valence-corrected chi connectivity index (χ3v) is 11.2. The highest BCUT2D eigenvalue weighted by molar-refractivity contribution is 8.00. The number of nitrogens with one attached hydrogen (secondary N) is 2. The van der Waals surface area contributed by atoms with Gasteiger partial charge in [-0.05, 0) is 66.5 Å². The van der Waals surface area contributed by atoms with Crippen molar-refractivity contribution in [2.24, 2.45) is 29.6 Å². The highest BCUT2D eigenvalue weighted by atomic mass is 32.2. The molecule has 2 bridgehead atoms. The molecule has 1 saturated heterocycles. The molecule has 7 rings (SSSR count). The van der Waals surface area contributed by atoms with Crippen LogP contribution < -0.4 is 10.2 Å². The molecule has 3 fully saturated rings. The van der Waals surface area contributed by atoms with E-state index < -0.39 is 17.7 Å². The van der Waals surface area contributed by atoms with Crippen LogP contribution in [0.25, 0.3) is 0 Å². The molecule has 7 atom stereocenters. The lowest BCUT2D eigenvalue weighted by atomic mass is 9.68. The van der Waals surface area contributed by atoms with Gasteiger partial charge >= 0.3 is 4.87 Å². The summed E-state index contributed by atoms with van der Waals surface area (Å²) in [5, 5.41) is 3.66. The number of likely N-dealkylation sites (tertiary alicyclic amines) is 1. The number of halogens is 1. The third-order valence-electron chi connectivity index (χ3n) is 8.65. The first-order valence-corrected chi connectivity index (χ1v) is 14.4. The maximum absolute atomic E-state index is 13.8. The van der Waals surface area contributed by atoms with Gasteiger partial charge < -0.3 is 10.3 Å². The second-order valence-corrected chi connectivity index (χ2v) is 12.9. The molecule has 2 N–H and O–H groups in total. The SMILES string of the molecule is Cc1cccc(NC(=O)CN2C(=O)[C@@H]3[C@H]4C[C@@H]([C@@H]3C2=O)[C@H]2[C@@H](c3ccc(F)cc3)c3sc(=O)[nH]c3S[C@H]42)c1. The van der Waals surface area contributed by atoms with Gasteiger partial charge in [-0.1, -0.05) is 35.6 Å². The summed E-state index contributed by atoms with van der Waals surface area (Å²) < 4.78 is 13.8. The van der Waals surface area contributed by atoms with Crippen molar-refractivity contribution in [1.82, 2.24) is 9.88 Å². The minimum absolute atomic E-state index is 0.0271. The van der Waals surface area contributed by atoms with Gasteiger partial charge in [-0.15, -0.1) is 11.8 Å². The van der Waals surface area contributed by atoms with Crippen molar-refractivity contribution >= 4 is 46.5 Å². The summed E-state index contributed by atoms with van der Waals surface area (Å²) in [6, 6.07) is 13.7. The number of aromatic nitrogens is 1. The lowest BCUT2D eigenvalue weighted by molar-refractivity contribution is -0.143. The fraction of sp³-hybridized carbons (Fsp3) is 0.357. The lowest BCUT2D eigenvalue weighted by Crippen LogP contribution is -2.42. The number of carbonyl (C=O) groups is 3. The summed E-state index contributed by atoms with van der Waals surface area (Å²) in [6.07, 6.45) is 0.759. The molecule has 194 valence electrons. The Labute approximate surface area is 225 Å². The molecular formula is C28H24FN3O4S2. The van der Waals surface area contributed by atoms with Crippen molar-refractivity contribution in [1.29, 1.82) is 0 Å². The van der Waals surface area contributed by atoms with E-state index in [0.717, 1.165) is 32.4 Å². The van der Waals surface area contributed by atoms with E-state index in [2.05, 4.69) is 10.3 Å². The Morgan fingerprint density at radius 2 is 1.82 bits per heavy atom. The summed E-state index contributed by atoms with van der Waals surface area (Å²) in [7, 11) is 0. The standard InChI is InChI=1S/C28H24FN3O4S2/c1-12-3-2-4-15(9-12)30-18(33)11-32-26(34)21-16-10-17(22(21)27(32)35)23-20(16)19(13-5-7-14(29)8-6-13)24-25(37-23)31-28(36)38-24/h2-9,16-17,19-23H,10-11H2,1H3,(H,30,33)(H,31,36)/t16-,17-,19-,20+,21+,22-,23-/m1/s1. The minimum Gasteiger partial charge on any atom is -0.325 e. The van der Waals surface area contributed by atoms with Gasteiger partial charge in [-0.25, -0.2) is 4.39 Å². The van der Waals surface area contributed by atoms with Gasteiger partial charge in [0.2, 0.25) is 17.7 Å². The number of benzene rings is 2. The van der Waals surface area contributed by atoms with E-state index in [1.54, 1.807) is 30.0 Å². The summed E-state index contributed by atoms with van der Waals surface area (Å²) >= 11 is 2.77. The number of aryl methyl sites for hydroxylation is 1. The minimum atomic E-state index is -0.471. The van der Waals surface area contributed by atoms with Crippen molar-refractivity contribution < 1.29 is 18.8 Å². The quantitative estimate of drug-likeness (QED) is 0.480. The van der Waals surface area contributed by atoms with E-state index in [-0.39, 0.29) is 58.0 Å². The van der Waals surface area contributed by atoms with Gasteiger partial charge in [-0.2, -0.15) is 0 Å². The molecule has 7 nitrogen and oxygen atoms in total. The summed E-state index contributed by atoms with van der Waals surface area (Å²) in [6.45, 7) is 1.62. The molecule has 0 unspecified atom stereocenters. The van der Waals surface area contributed by atoms with Crippen LogP contribution in [-0.4, -0.2) is 39.4 Å². The van der Waals surface area contributed by atoms with Crippen molar-refractivity contribution in [2.45, 2.75) is 29.5 Å². The van der Waals surface area contributed by atoms with Crippen LogP contribution in [0.1, 0.15) is 28.3 Å². The van der Waals surface area contributed by atoms with E-state index in [9.17, 15) is 23.6 Å². The van der Waals surface area contributed by atoms with Crippen LogP contribution in [0.3, 0.4) is 0 Å². The number of H-pyrrole nitrogens is 1. The third kappa shape index (κ3) is 3.53. The maximum Gasteiger partial charge on any atom is 0.305 e. The molecule has 0 radical (unpaired) electrons. The fourth-order valence-electron chi connectivity index (χ4n) is 7.34. The molecule has 2 saturated carbocycles. The first kappa shape index (κ1) is 23.8. The van der Waals surface area contributed by atoms with Gasteiger partial charge in [0, 0.05) is 21.7 Å². The number of carbonyl (C=O) groups excluding carboxylic acids is 3. The number of nitrogens with zero attached hydrogens (tertiary/aromatic N) is 1. The normalized spacial score (nSPS) is 30.8. The molecule has 0 spiro atoms. The van der Waals surface area contributed by atoms with E-state index in [0.29, 0.717) is 5.69 Å². The number of amides is 3. The van der Waals surface area contributed by atoms with Gasteiger partial charge in [-0.3, -0.25) is 24.1 Å². The topological polar surface area (TPSA) is 99.3 Å². The predicted molar refractivity (Wildman–Crippen MR) is 141 cm³/mol. The second kappa shape index (κ2) is 8.64. The molecule has 3 heterocycles. The average Bonchev–Trinajstić information content (AvgIpc) is 3.60. The van der Waals surface area contributed by atoms with Crippen LogP contribution in [0, 0.1) is 42.3 Å². The van der Waals surface area contributed by atoms with Crippen molar-refractivity contribution in [3.8, 4) is 0 Å². The van der Waals surface area contributed by atoms with Crippen molar-refractivity contribution in [2.75, 3.05) is 11.9 Å². The van der Waals surface area contributed by atoms with Crippen LogP contribution in [0.5, 0.6) is 0 Å². The predicted octanol–water partition coefficient (Wildman–Crippen LogP) is 4.00. The highest BCUT2D eigenvalue weighted by Gasteiger charge is 2.69. The van der Waals surface area contributed by atoms with Crippen LogP contribution in [0.2, 0.25) is 0 Å². The number of thiazole rings is 1. The molecular weight excluding hydrogens is 525 g/mol. The van der Waals surface area contributed by atoms with Gasteiger partial charge in [0.15, 0.2) is 0 Å². The first-order chi connectivity index (χ1) is 18.3. The largest absolute Gasteiger partial charge is 0.325 e. The molecule has 3 aromatic rings. The second-order valence-electron chi connectivity index (χ2n) is 10.7. The lowest BCUT2D eigenvalue weighted by Gasteiger charge is -2.43. The molecule has 4 aliphatic rings. The molecule has 10 heteroatoms. The molecule has 2 aliphatic heterocycles. The Kier molecular flexibility index (Phi) is 5.42. The zero-order chi connectivity index (χ0) is 26.3. The van der Waals surface area contributed by atoms with Crippen LogP contribution >= 0.6 is 23.1 Å². The zero-order valence-electron chi connectivity index (χ0n) is 20.3. The van der Waals surface area contributed by atoms with Crippen LogP contribution in [0.15, 0.2) is 58.4 Å². The Morgan fingerprint density at radius 1 is 1.08 bits per heavy atom. The smallest absolute Gasteiger partial charge is 0.305 e. The summed E-state index contributed by atoms with van der Waals surface area (Å²) in [4.78, 5) is 57.2. The number of hydrogen-bond donors (Lipinski definition) is 2. The zero-order valence-corrected chi connectivity index (χ0v) is 22.0. The molecule has 1 aromatic heterocycles. The highest BCUT2D eigenvalue weighted by Crippen LogP contribution is 2.68. The average molecular weight is 550 g/mol. The van der Waals surface area contributed by atoms with E-state index >= 15 is 0 Å². The Morgan fingerprint density at radius 3 is 2.55 bits per heavy atom. The van der Waals surface area contributed by atoms with E-state index in [1.807, 2.05) is 25.1 Å². The number of hydrogen-bond acceptors (Lipinski definition) is 6. The van der Waals surface area contributed by atoms with Crippen molar-refractivity contribution in [3.63, 3.8) is 0 Å². The molecule has 2 aliphatic carbocycles. The van der Waals surface area contributed by atoms with E-state index in [1.165, 1.54) is 23.5 Å². The van der Waals surface area contributed by atoms with Gasteiger partial charge in [0.1, 0.15) is 12.4 Å². The Balaban J connectivity index is 1.19. The van der Waals surface area contributed by atoms with E-state index in [4.69, 9.17) is 0 Å². The monoisotopic (exact) mass is 549 g/mol. The van der Waals surface area contributed by atoms with Crippen LogP contribution in [-0.2, 0) is 14.4 Å². The van der Waals surface area contributed by atoms with Gasteiger partial charge in [0.05, 0.1) is 16.9 Å². The number of rotatable bonds is 4. The summed E-state index contributed by atoms with van der Waals surface area (Å²) in [5.41, 5.74) is 2.53. The maximum atomic E-state index is 13.8. The number of fused-ring (bicyclic) bond motifs is 9. The number of imide groups is 1. The van der Waals surface area contributed by atoms with Gasteiger partial charge in [0.25, 0.3) is 0 Å². The van der Waals surface area contributed by atoms with Crippen molar-refractivity contribution in [3.05, 3.63) is 80.0 Å². The fourth-order valence-corrected chi connectivity index (χ4v) is 10.2. The number of anilines is 1.